The summed E-state index contributed by atoms with van der Waals surface area (Å²) in [6.07, 6.45) is 1.90. The minimum Gasteiger partial charge on any atom is -0.126 e. The Kier molecular flexibility index (Phi) is 3.58. The van der Waals surface area contributed by atoms with Gasteiger partial charge in [-0.15, -0.1) is 18.2 Å². The molecule has 0 aromatic rings. The number of allylic oxidation sites excluding steroid dienone is 1. The highest BCUT2D eigenvalue weighted by atomic mass is 35.5. The molecule has 0 aromatic carbocycles. The van der Waals surface area contributed by atoms with Crippen molar-refractivity contribution in [3.8, 4) is 0 Å². The van der Waals surface area contributed by atoms with Crippen LogP contribution in [0.4, 0.5) is 0 Å². The summed E-state index contributed by atoms with van der Waals surface area (Å²) in [7, 11) is 1.14. The molecular formula is C4H9ClSi. The van der Waals surface area contributed by atoms with Crippen LogP contribution in [0.25, 0.3) is 0 Å². The van der Waals surface area contributed by atoms with Gasteiger partial charge in [0, 0.05) is 16.1 Å². The van der Waals surface area contributed by atoms with Gasteiger partial charge in [0.25, 0.3) is 0 Å². The second-order valence-electron chi connectivity index (χ2n) is 1.37. The van der Waals surface area contributed by atoms with Crippen molar-refractivity contribution in [2.45, 2.75) is 5.54 Å². The summed E-state index contributed by atoms with van der Waals surface area (Å²) in [5, 5.41) is 0. The van der Waals surface area contributed by atoms with Gasteiger partial charge in [0.2, 0.25) is 0 Å². The smallest absolute Gasteiger partial charge is 0.0253 e. The van der Waals surface area contributed by atoms with E-state index in [0.29, 0.717) is 5.54 Å². The lowest BCUT2D eigenvalue weighted by Gasteiger charge is -1.91. The first kappa shape index (κ1) is 6.25. The van der Waals surface area contributed by atoms with E-state index in [4.69, 9.17) is 11.6 Å². The molecule has 0 aliphatic rings. The van der Waals surface area contributed by atoms with Crippen LogP contribution in [0, 0.1) is 0 Å². The van der Waals surface area contributed by atoms with E-state index in [1.807, 2.05) is 6.08 Å². The Balaban J connectivity index is 2.96. The third-order valence-electron chi connectivity index (χ3n) is 0.646. The molecule has 0 radical (unpaired) electrons. The maximum atomic E-state index is 5.42. The molecule has 0 fully saturated rings. The molecule has 0 rings (SSSR count). The molecule has 0 amide bonds. The number of rotatable bonds is 2. The summed E-state index contributed by atoms with van der Waals surface area (Å²) >= 11 is 5.42. The number of hydrogen-bond acceptors (Lipinski definition) is 0. The van der Waals surface area contributed by atoms with Gasteiger partial charge in [0.1, 0.15) is 0 Å². The van der Waals surface area contributed by atoms with Crippen molar-refractivity contribution in [1.82, 2.24) is 0 Å². The minimum atomic E-state index is 0.603. The average molecular weight is 121 g/mol. The summed E-state index contributed by atoms with van der Waals surface area (Å²) < 4.78 is 0. The molecule has 0 aliphatic carbocycles. The van der Waals surface area contributed by atoms with Crippen molar-refractivity contribution >= 4 is 21.8 Å². The van der Waals surface area contributed by atoms with Crippen molar-refractivity contribution in [2.24, 2.45) is 0 Å². The van der Waals surface area contributed by atoms with E-state index in [0.717, 1.165) is 16.1 Å². The van der Waals surface area contributed by atoms with E-state index < -0.39 is 0 Å². The normalized spacial score (nSPS) is 14.2. The summed E-state index contributed by atoms with van der Waals surface area (Å²) in [6.45, 7) is 3.58. The summed E-state index contributed by atoms with van der Waals surface area (Å²) in [5.41, 5.74) is 0.603. The van der Waals surface area contributed by atoms with E-state index in [2.05, 4.69) is 6.58 Å². The standard InChI is InChI=1S/C4H9ClSi/c1-2-4(6)3-5/h2,4H,1,3H2,6H3. The van der Waals surface area contributed by atoms with E-state index in [1.165, 1.54) is 0 Å². The Hall–Kier alpha value is 0.247. The summed E-state index contributed by atoms with van der Waals surface area (Å²) in [5.74, 6) is 0.746. The molecular weight excluding hydrogens is 112 g/mol. The highest BCUT2D eigenvalue weighted by Gasteiger charge is 1.86. The van der Waals surface area contributed by atoms with Crippen LogP contribution in [0.15, 0.2) is 12.7 Å². The highest BCUT2D eigenvalue weighted by molar-refractivity contribution is 6.24. The molecule has 0 aliphatic heterocycles. The van der Waals surface area contributed by atoms with Crippen LogP contribution in [0.3, 0.4) is 0 Å². The third kappa shape index (κ3) is 2.48. The van der Waals surface area contributed by atoms with Gasteiger partial charge in [0.15, 0.2) is 0 Å². The van der Waals surface area contributed by atoms with Gasteiger partial charge in [-0.2, -0.15) is 0 Å². The third-order valence-corrected chi connectivity index (χ3v) is 2.53. The second kappa shape index (κ2) is 3.44. The maximum absolute atomic E-state index is 5.42. The highest BCUT2D eigenvalue weighted by Crippen LogP contribution is 1.99. The van der Waals surface area contributed by atoms with Crippen LogP contribution >= 0.6 is 11.6 Å². The van der Waals surface area contributed by atoms with Crippen molar-refractivity contribution in [3.05, 3.63) is 12.7 Å². The molecule has 0 saturated carbocycles. The topological polar surface area (TPSA) is 0 Å². The molecule has 1 atom stereocenters. The summed E-state index contributed by atoms with van der Waals surface area (Å²) in [4.78, 5) is 0. The fraction of sp³-hybridized carbons (Fsp3) is 0.500. The molecule has 1 unspecified atom stereocenters. The van der Waals surface area contributed by atoms with Gasteiger partial charge in [-0.05, 0) is 5.54 Å². The quantitative estimate of drug-likeness (QED) is 0.284. The molecule has 36 valence electrons. The predicted molar refractivity (Wildman–Crippen MR) is 34.6 cm³/mol. The van der Waals surface area contributed by atoms with Gasteiger partial charge in [-0.3, -0.25) is 0 Å². The lowest BCUT2D eigenvalue weighted by Crippen LogP contribution is -1.84. The maximum Gasteiger partial charge on any atom is 0.0253 e. The van der Waals surface area contributed by atoms with E-state index in [-0.39, 0.29) is 0 Å². The number of hydrogen-bond donors (Lipinski definition) is 0. The van der Waals surface area contributed by atoms with Gasteiger partial charge in [0.05, 0.1) is 0 Å². The molecule has 2 heteroatoms. The Morgan fingerprint density at radius 1 is 2.00 bits per heavy atom. The van der Waals surface area contributed by atoms with E-state index in [9.17, 15) is 0 Å². The van der Waals surface area contributed by atoms with Crippen molar-refractivity contribution in [3.63, 3.8) is 0 Å². The second-order valence-corrected chi connectivity index (χ2v) is 3.16. The lowest BCUT2D eigenvalue weighted by atomic mass is 10.5. The monoisotopic (exact) mass is 120 g/mol. The Labute approximate surface area is 46.6 Å². The van der Waals surface area contributed by atoms with Gasteiger partial charge in [-0.1, -0.05) is 6.08 Å². The molecule has 0 N–H and O–H groups in total. The van der Waals surface area contributed by atoms with Gasteiger partial charge >= 0.3 is 0 Å². The molecule has 0 bridgehead atoms. The zero-order valence-electron chi connectivity index (χ0n) is 3.95. The van der Waals surface area contributed by atoms with Crippen LogP contribution < -0.4 is 0 Å². The zero-order valence-corrected chi connectivity index (χ0v) is 6.70. The van der Waals surface area contributed by atoms with Gasteiger partial charge in [-0.25, -0.2) is 0 Å². The first-order valence-corrected chi connectivity index (χ1v) is 3.68. The van der Waals surface area contributed by atoms with Crippen LogP contribution in [-0.4, -0.2) is 16.1 Å². The Morgan fingerprint density at radius 3 is 2.50 bits per heavy atom. The van der Waals surface area contributed by atoms with Crippen LogP contribution in [0.5, 0.6) is 0 Å². The molecule has 0 nitrogen and oxygen atoms in total. The minimum absolute atomic E-state index is 0.603. The number of alkyl halides is 1. The van der Waals surface area contributed by atoms with Crippen LogP contribution in [0.1, 0.15) is 0 Å². The fourth-order valence-corrected chi connectivity index (χ4v) is 0.189. The molecule has 0 heterocycles. The fourth-order valence-electron chi connectivity index (χ4n) is 0.0630. The number of halogens is 1. The van der Waals surface area contributed by atoms with E-state index >= 15 is 0 Å². The SMILES string of the molecule is C=CC([SiH3])CCl. The Bertz CT molecular complexity index is 44.8. The van der Waals surface area contributed by atoms with Crippen molar-refractivity contribution < 1.29 is 0 Å². The van der Waals surface area contributed by atoms with Gasteiger partial charge < -0.3 is 0 Å². The van der Waals surface area contributed by atoms with Crippen LogP contribution in [0.2, 0.25) is 5.54 Å². The molecule has 0 aromatic heterocycles. The van der Waals surface area contributed by atoms with Crippen molar-refractivity contribution in [2.75, 3.05) is 5.88 Å². The largest absolute Gasteiger partial charge is 0.126 e. The Morgan fingerprint density at radius 2 is 2.50 bits per heavy atom. The predicted octanol–water partition coefficient (Wildman–Crippen LogP) is 0.565. The van der Waals surface area contributed by atoms with Crippen molar-refractivity contribution in [1.29, 1.82) is 0 Å². The van der Waals surface area contributed by atoms with Crippen LogP contribution in [-0.2, 0) is 0 Å². The average Bonchev–Trinajstić information content (AvgIpc) is 1.65. The zero-order chi connectivity index (χ0) is 4.99. The van der Waals surface area contributed by atoms with E-state index in [1.54, 1.807) is 0 Å². The first-order valence-electron chi connectivity index (χ1n) is 1.99. The lowest BCUT2D eigenvalue weighted by molar-refractivity contribution is 1.23. The molecule has 0 spiro atoms. The first-order chi connectivity index (χ1) is 2.81. The summed E-state index contributed by atoms with van der Waals surface area (Å²) in [6, 6.07) is 0. The molecule has 0 saturated heterocycles. The molecule has 6 heavy (non-hydrogen) atoms.